The summed E-state index contributed by atoms with van der Waals surface area (Å²) in [5, 5.41) is 3.73. The summed E-state index contributed by atoms with van der Waals surface area (Å²) in [5.41, 5.74) is 2.01. The molecule has 0 spiro atoms. The van der Waals surface area contributed by atoms with E-state index in [9.17, 15) is 0 Å². The molecule has 0 unspecified atom stereocenters. The van der Waals surface area contributed by atoms with Crippen molar-refractivity contribution in [1.82, 2.24) is 9.97 Å². The van der Waals surface area contributed by atoms with Crippen molar-refractivity contribution in [2.75, 3.05) is 5.32 Å². The number of halogens is 1. The van der Waals surface area contributed by atoms with Crippen molar-refractivity contribution in [3.63, 3.8) is 0 Å². The Morgan fingerprint density at radius 3 is 2.74 bits per heavy atom. The number of aromatic nitrogens is 2. The zero-order chi connectivity index (χ0) is 13.7. The molecular formula is C14H16ClN3O. The smallest absolute Gasteiger partial charge is 0.213 e. The molecule has 0 saturated carbocycles. The molecule has 100 valence electrons. The third-order valence-corrected chi connectivity index (χ3v) is 2.58. The van der Waals surface area contributed by atoms with Gasteiger partial charge in [0.25, 0.3) is 0 Å². The fraction of sp³-hybridized carbons (Fsp3) is 0.286. The highest BCUT2D eigenvalue weighted by Crippen LogP contribution is 2.14. The molecule has 0 bridgehead atoms. The summed E-state index contributed by atoms with van der Waals surface area (Å²) in [6.45, 7) is 4.63. The summed E-state index contributed by atoms with van der Waals surface area (Å²) in [6, 6.07) is 7.51. The Bertz CT molecular complexity index is 528. The van der Waals surface area contributed by atoms with Crippen molar-refractivity contribution in [3.05, 3.63) is 47.4 Å². The van der Waals surface area contributed by atoms with Crippen LogP contribution in [0.2, 0.25) is 5.15 Å². The fourth-order valence-corrected chi connectivity index (χ4v) is 1.72. The van der Waals surface area contributed by atoms with E-state index in [0.29, 0.717) is 17.6 Å². The SMILES string of the molecule is CC(C)Oc1ccc(CNc2ccnc(Cl)c2)cn1. The van der Waals surface area contributed by atoms with E-state index in [-0.39, 0.29) is 6.10 Å². The van der Waals surface area contributed by atoms with E-state index in [2.05, 4.69) is 15.3 Å². The molecule has 4 nitrogen and oxygen atoms in total. The van der Waals surface area contributed by atoms with Crippen LogP contribution < -0.4 is 10.1 Å². The third kappa shape index (κ3) is 4.41. The summed E-state index contributed by atoms with van der Waals surface area (Å²) < 4.78 is 5.49. The molecule has 0 radical (unpaired) electrons. The summed E-state index contributed by atoms with van der Waals surface area (Å²) in [6.07, 6.45) is 3.60. The first kappa shape index (κ1) is 13.6. The first-order valence-corrected chi connectivity index (χ1v) is 6.48. The minimum atomic E-state index is 0.135. The van der Waals surface area contributed by atoms with Crippen molar-refractivity contribution >= 4 is 17.3 Å². The lowest BCUT2D eigenvalue weighted by Crippen LogP contribution is -2.07. The average Bonchev–Trinajstić information content (AvgIpc) is 2.37. The van der Waals surface area contributed by atoms with Crippen LogP contribution >= 0.6 is 11.6 Å². The van der Waals surface area contributed by atoms with Crippen LogP contribution in [-0.4, -0.2) is 16.1 Å². The summed E-state index contributed by atoms with van der Waals surface area (Å²) in [7, 11) is 0. The number of rotatable bonds is 5. The van der Waals surface area contributed by atoms with Gasteiger partial charge < -0.3 is 10.1 Å². The zero-order valence-electron chi connectivity index (χ0n) is 10.9. The molecule has 0 aromatic carbocycles. The molecule has 2 heterocycles. The van der Waals surface area contributed by atoms with Crippen LogP contribution in [0.3, 0.4) is 0 Å². The van der Waals surface area contributed by atoms with Crippen LogP contribution in [0.4, 0.5) is 5.69 Å². The topological polar surface area (TPSA) is 47.0 Å². The Kier molecular flexibility index (Phi) is 4.58. The molecule has 0 aliphatic rings. The van der Waals surface area contributed by atoms with Gasteiger partial charge in [0.15, 0.2) is 0 Å². The van der Waals surface area contributed by atoms with E-state index in [1.807, 2.05) is 32.0 Å². The van der Waals surface area contributed by atoms with Gasteiger partial charge in [0.2, 0.25) is 5.88 Å². The molecule has 0 aliphatic heterocycles. The van der Waals surface area contributed by atoms with Gasteiger partial charge in [-0.1, -0.05) is 17.7 Å². The number of nitrogens with one attached hydrogen (secondary N) is 1. The molecule has 19 heavy (non-hydrogen) atoms. The molecular weight excluding hydrogens is 262 g/mol. The van der Waals surface area contributed by atoms with Crippen molar-refractivity contribution < 1.29 is 4.74 Å². The van der Waals surface area contributed by atoms with Crippen LogP contribution in [0.15, 0.2) is 36.7 Å². The molecule has 2 aromatic heterocycles. The van der Waals surface area contributed by atoms with Gasteiger partial charge in [-0.25, -0.2) is 9.97 Å². The number of hydrogen-bond acceptors (Lipinski definition) is 4. The highest BCUT2D eigenvalue weighted by Gasteiger charge is 2.00. The van der Waals surface area contributed by atoms with Crippen LogP contribution in [0.5, 0.6) is 5.88 Å². The fourth-order valence-electron chi connectivity index (χ4n) is 1.54. The monoisotopic (exact) mass is 277 g/mol. The zero-order valence-corrected chi connectivity index (χ0v) is 11.7. The Hall–Kier alpha value is -1.81. The number of ether oxygens (including phenoxy) is 1. The molecule has 0 atom stereocenters. The van der Waals surface area contributed by atoms with Gasteiger partial charge in [-0.05, 0) is 31.5 Å². The van der Waals surface area contributed by atoms with Crippen molar-refractivity contribution in [1.29, 1.82) is 0 Å². The van der Waals surface area contributed by atoms with Crippen LogP contribution in [0, 0.1) is 0 Å². The van der Waals surface area contributed by atoms with Crippen LogP contribution in [0.1, 0.15) is 19.4 Å². The lowest BCUT2D eigenvalue weighted by molar-refractivity contribution is 0.232. The highest BCUT2D eigenvalue weighted by atomic mass is 35.5. The van der Waals surface area contributed by atoms with E-state index in [1.165, 1.54) is 0 Å². The summed E-state index contributed by atoms with van der Waals surface area (Å²) in [5.74, 6) is 0.644. The second-order valence-electron chi connectivity index (χ2n) is 4.39. The number of anilines is 1. The van der Waals surface area contributed by atoms with Gasteiger partial charge >= 0.3 is 0 Å². The quantitative estimate of drug-likeness (QED) is 0.850. The lowest BCUT2D eigenvalue weighted by atomic mass is 10.2. The van der Waals surface area contributed by atoms with E-state index in [0.717, 1.165) is 11.3 Å². The molecule has 5 heteroatoms. The molecule has 0 aliphatic carbocycles. The standard InChI is InChI=1S/C14H16ClN3O/c1-10(2)19-14-4-3-11(9-18-14)8-17-12-5-6-16-13(15)7-12/h3-7,9-10H,8H2,1-2H3,(H,16,17). The summed E-state index contributed by atoms with van der Waals surface area (Å²) >= 11 is 5.82. The first-order valence-electron chi connectivity index (χ1n) is 6.10. The van der Waals surface area contributed by atoms with Crippen molar-refractivity contribution in [2.45, 2.75) is 26.5 Å². The van der Waals surface area contributed by atoms with Gasteiger partial charge in [0.05, 0.1) is 6.10 Å². The van der Waals surface area contributed by atoms with Crippen LogP contribution in [0.25, 0.3) is 0 Å². The maximum Gasteiger partial charge on any atom is 0.213 e. The Morgan fingerprint density at radius 2 is 2.11 bits per heavy atom. The normalized spacial score (nSPS) is 10.5. The second kappa shape index (κ2) is 6.38. The maximum atomic E-state index is 5.82. The number of nitrogens with zero attached hydrogens (tertiary/aromatic N) is 2. The number of hydrogen-bond donors (Lipinski definition) is 1. The molecule has 0 amide bonds. The van der Waals surface area contributed by atoms with Crippen molar-refractivity contribution in [2.24, 2.45) is 0 Å². The average molecular weight is 278 g/mol. The van der Waals surface area contributed by atoms with E-state index >= 15 is 0 Å². The highest BCUT2D eigenvalue weighted by molar-refractivity contribution is 6.29. The predicted octanol–water partition coefficient (Wildman–Crippen LogP) is 3.53. The minimum Gasteiger partial charge on any atom is -0.475 e. The van der Waals surface area contributed by atoms with E-state index in [4.69, 9.17) is 16.3 Å². The summed E-state index contributed by atoms with van der Waals surface area (Å²) in [4.78, 5) is 8.18. The maximum absolute atomic E-state index is 5.82. The molecule has 2 rings (SSSR count). The van der Waals surface area contributed by atoms with Crippen molar-refractivity contribution in [3.8, 4) is 5.88 Å². The Balaban J connectivity index is 1.93. The van der Waals surface area contributed by atoms with Crippen LogP contribution in [-0.2, 0) is 6.54 Å². The Labute approximate surface area is 117 Å². The second-order valence-corrected chi connectivity index (χ2v) is 4.78. The molecule has 0 saturated heterocycles. The molecule has 0 fully saturated rings. The third-order valence-electron chi connectivity index (χ3n) is 2.38. The molecule has 1 N–H and O–H groups in total. The van der Waals surface area contributed by atoms with Gasteiger partial charge in [-0.15, -0.1) is 0 Å². The predicted molar refractivity (Wildman–Crippen MR) is 76.6 cm³/mol. The minimum absolute atomic E-state index is 0.135. The van der Waals surface area contributed by atoms with Gasteiger partial charge in [0, 0.05) is 30.7 Å². The van der Waals surface area contributed by atoms with E-state index < -0.39 is 0 Å². The van der Waals surface area contributed by atoms with Gasteiger partial charge in [0.1, 0.15) is 5.15 Å². The van der Waals surface area contributed by atoms with Gasteiger partial charge in [-0.2, -0.15) is 0 Å². The Morgan fingerprint density at radius 1 is 1.26 bits per heavy atom. The number of pyridine rings is 2. The first-order chi connectivity index (χ1) is 9.13. The van der Waals surface area contributed by atoms with Gasteiger partial charge in [-0.3, -0.25) is 0 Å². The molecule has 2 aromatic rings. The largest absolute Gasteiger partial charge is 0.475 e. The van der Waals surface area contributed by atoms with E-state index in [1.54, 1.807) is 18.5 Å². The lowest BCUT2D eigenvalue weighted by Gasteiger charge is -2.09.